The maximum Gasteiger partial charge on any atom is 0.0438 e. The molecule has 0 spiro atoms. The van der Waals surface area contributed by atoms with Gasteiger partial charge in [0.25, 0.3) is 0 Å². The predicted molar refractivity (Wildman–Crippen MR) is 85.3 cm³/mol. The highest BCUT2D eigenvalue weighted by Crippen LogP contribution is 2.19. The molecule has 3 heteroatoms. The molecule has 2 rings (SSSR count). The third-order valence-electron chi connectivity index (χ3n) is 3.39. The van der Waals surface area contributed by atoms with Crippen molar-refractivity contribution in [3.63, 3.8) is 0 Å². The third kappa shape index (κ3) is 4.64. The van der Waals surface area contributed by atoms with Crippen LogP contribution in [0, 0.1) is 0 Å². The maximum atomic E-state index is 6.21. The maximum absolute atomic E-state index is 6.21. The molecule has 2 aromatic rings. The Labute approximate surface area is 124 Å². The van der Waals surface area contributed by atoms with Crippen LogP contribution in [0.25, 0.3) is 0 Å². The summed E-state index contributed by atoms with van der Waals surface area (Å²) in [5.74, 6) is 0. The first-order valence-corrected chi connectivity index (χ1v) is 7.98. The van der Waals surface area contributed by atoms with Crippen LogP contribution in [-0.2, 0) is 12.8 Å². The van der Waals surface area contributed by atoms with Crippen LogP contribution >= 0.6 is 22.9 Å². The lowest BCUT2D eigenvalue weighted by Gasteiger charge is -2.16. The van der Waals surface area contributed by atoms with Crippen molar-refractivity contribution in [2.75, 3.05) is 7.05 Å². The van der Waals surface area contributed by atoms with Crippen molar-refractivity contribution >= 4 is 22.9 Å². The number of thiophene rings is 1. The van der Waals surface area contributed by atoms with Crippen molar-refractivity contribution in [1.29, 1.82) is 0 Å². The van der Waals surface area contributed by atoms with E-state index in [1.807, 2.05) is 30.5 Å². The van der Waals surface area contributed by atoms with E-state index in [9.17, 15) is 0 Å². The molecule has 1 aromatic heterocycles. The van der Waals surface area contributed by atoms with E-state index in [4.69, 9.17) is 11.6 Å². The Morgan fingerprint density at radius 3 is 2.74 bits per heavy atom. The van der Waals surface area contributed by atoms with Gasteiger partial charge in [-0.3, -0.25) is 0 Å². The Morgan fingerprint density at radius 1 is 1.21 bits per heavy atom. The summed E-state index contributed by atoms with van der Waals surface area (Å²) < 4.78 is 0. The molecular weight excluding hydrogens is 274 g/mol. The van der Waals surface area contributed by atoms with Crippen molar-refractivity contribution in [3.05, 3.63) is 57.2 Å². The van der Waals surface area contributed by atoms with Crippen LogP contribution in [0.15, 0.2) is 41.8 Å². The minimum Gasteiger partial charge on any atom is -0.317 e. The number of likely N-dealkylation sites (N-methyl/N-ethyl adjacent to an activating group) is 1. The molecule has 0 aliphatic rings. The molecule has 1 N–H and O–H groups in total. The molecule has 1 nitrogen and oxygen atoms in total. The molecule has 0 fully saturated rings. The van der Waals surface area contributed by atoms with Gasteiger partial charge in [0.1, 0.15) is 0 Å². The monoisotopic (exact) mass is 293 g/mol. The molecule has 1 atom stereocenters. The Morgan fingerprint density at radius 2 is 2.05 bits per heavy atom. The van der Waals surface area contributed by atoms with Crippen molar-refractivity contribution in [1.82, 2.24) is 5.32 Å². The van der Waals surface area contributed by atoms with Crippen LogP contribution in [0.2, 0.25) is 5.02 Å². The van der Waals surface area contributed by atoms with E-state index in [0.29, 0.717) is 6.04 Å². The smallest absolute Gasteiger partial charge is 0.0438 e. The highest BCUT2D eigenvalue weighted by molar-refractivity contribution is 7.09. The summed E-state index contributed by atoms with van der Waals surface area (Å²) >= 11 is 8.06. The molecule has 1 heterocycles. The van der Waals surface area contributed by atoms with E-state index < -0.39 is 0 Å². The van der Waals surface area contributed by atoms with Gasteiger partial charge in [0.05, 0.1) is 0 Å². The summed E-state index contributed by atoms with van der Waals surface area (Å²) in [4.78, 5) is 1.48. The number of hydrogen-bond acceptors (Lipinski definition) is 2. The third-order valence-corrected chi connectivity index (χ3v) is 4.69. The Kier molecular flexibility index (Phi) is 5.90. The minimum atomic E-state index is 0.500. The molecule has 0 radical (unpaired) electrons. The lowest BCUT2D eigenvalue weighted by molar-refractivity contribution is 0.503. The molecule has 0 aliphatic heterocycles. The van der Waals surface area contributed by atoms with Gasteiger partial charge in [-0.1, -0.05) is 35.9 Å². The molecule has 0 saturated carbocycles. The Balaban J connectivity index is 1.82. The molecular formula is C16H20ClNS. The zero-order valence-corrected chi connectivity index (χ0v) is 12.8. The number of halogens is 1. The largest absolute Gasteiger partial charge is 0.317 e. The molecule has 1 aromatic carbocycles. The SMILES string of the molecule is CNC(CCCc1cccs1)Cc1ccccc1Cl. The Hall–Kier alpha value is -0.830. The molecule has 19 heavy (non-hydrogen) atoms. The van der Waals surface area contributed by atoms with Gasteiger partial charge in [0.2, 0.25) is 0 Å². The fourth-order valence-electron chi connectivity index (χ4n) is 2.26. The highest BCUT2D eigenvalue weighted by Gasteiger charge is 2.09. The van der Waals surface area contributed by atoms with E-state index in [0.717, 1.165) is 11.4 Å². The average molecular weight is 294 g/mol. The summed E-state index contributed by atoms with van der Waals surface area (Å²) in [6, 6.07) is 13.0. The van der Waals surface area contributed by atoms with Crippen LogP contribution in [0.5, 0.6) is 0 Å². The summed E-state index contributed by atoms with van der Waals surface area (Å²) in [5, 5.41) is 6.43. The number of benzene rings is 1. The van der Waals surface area contributed by atoms with Gasteiger partial charge in [-0.05, 0) is 55.8 Å². The van der Waals surface area contributed by atoms with Gasteiger partial charge in [-0.2, -0.15) is 0 Å². The van der Waals surface area contributed by atoms with Crippen LogP contribution in [0.4, 0.5) is 0 Å². The minimum absolute atomic E-state index is 0.500. The van der Waals surface area contributed by atoms with Crippen molar-refractivity contribution in [2.24, 2.45) is 0 Å². The van der Waals surface area contributed by atoms with Gasteiger partial charge < -0.3 is 5.32 Å². The van der Waals surface area contributed by atoms with E-state index in [1.54, 1.807) is 0 Å². The van der Waals surface area contributed by atoms with Crippen LogP contribution in [-0.4, -0.2) is 13.1 Å². The van der Waals surface area contributed by atoms with E-state index in [1.165, 1.54) is 29.7 Å². The summed E-state index contributed by atoms with van der Waals surface area (Å²) in [7, 11) is 2.03. The standard InChI is InChI=1S/C16H20ClNS/c1-18-14(7-4-8-15-9-5-11-19-15)12-13-6-2-3-10-16(13)17/h2-3,5-6,9-11,14,18H,4,7-8,12H2,1H3. The normalized spacial score (nSPS) is 12.5. The number of hydrogen-bond donors (Lipinski definition) is 1. The quantitative estimate of drug-likeness (QED) is 0.789. The first-order chi connectivity index (χ1) is 9.29. The van der Waals surface area contributed by atoms with E-state index in [-0.39, 0.29) is 0 Å². The van der Waals surface area contributed by atoms with E-state index >= 15 is 0 Å². The fourth-order valence-corrected chi connectivity index (χ4v) is 3.22. The molecule has 0 aliphatic carbocycles. The molecule has 102 valence electrons. The molecule has 0 saturated heterocycles. The van der Waals surface area contributed by atoms with Gasteiger partial charge in [-0.25, -0.2) is 0 Å². The Bertz CT molecular complexity index is 481. The number of aryl methyl sites for hydroxylation is 1. The fraction of sp³-hybridized carbons (Fsp3) is 0.375. The van der Waals surface area contributed by atoms with E-state index in [2.05, 4.69) is 35.0 Å². The second-order valence-corrected chi connectivity index (χ2v) is 6.19. The van der Waals surface area contributed by atoms with Gasteiger partial charge in [-0.15, -0.1) is 11.3 Å². The lowest BCUT2D eigenvalue weighted by atomic mass is 10.0. The topological polar surface area (TPSA) is 12.0 Å². The summed E-state index contributed by atoms with van der Waals surface area (Å²) in [6.07, 6.45) is 4.58. The summed E-state index contributed by atoms with van der Waals surface area (Å²) in [5.41, 5.74) is 1.24. The van der Waals surface area contributed by atoms with Crippen LogP contribution in [0.1, 0.15) is 23.3 Å². The van der Waals surface area contributed by atoms with Gasteiger partial charge >= 0.3 is 0 Å². The van der Waals surface area contributed by atoms with Gasteiger partial charge in [0.15, 0.2) is 0 Å². The molecule has 0 bridgehead atoms. The van der Waals surface area contributed by atoms with Crippen LogP contribution in [0.3, 0.4) is 0 Å². The van der Waals surface area contributed by atoms with Gasteiger partial charge in [0, 0.05) is 15.9 Å². The zero-order valence-electron chi connectivity index (χ0n) is 11.2. The van der Waals surface area contributed by atoms with Crippen molar-refractivity contribution < 1.29 is 0 Å². The highest BCUT2D eigenvalue weighted by atomic mass is 35.5. The first-order valence-electron chi connectivity index (χ1n) is 6.72. The molecule has 0 amide bonds. The van der Waals surface area contributed by atoms with Crippen molar-refractivity contribution in [3.8, 4) is 0 Å². The lowest BCUT2D eigenvalue weighted by Crippen LogP contribution is -2.27. The zero-order chi connectivity index (χ0) is 13.5. The average Bonchev–Trinajstić information content (AvgIpc) is 2.93. The second kappa shape index (κ2) is 7.68. The van der Waals surface area contributed by atoms with Crippen LogP contribution < -0.4 is 5.32 Å². The predicted octanol–water partition coefficient (Wildman–Crippen LogP) is 4.55. The first kappa shape index (κ1) is 14.6. The molecule has 1 unspecified atom stereocenters. The van der Waals surface area contributed by atoms with Crippen molar-refractivity contribution in [2.45, 2.75) is 31.7 Å². The number of nitrogens with one attached hydrogen (secondary N) is 1. The second-order valence-electron chi connectivity index (χ2n) is 4.75. The summed E-state index contributed by atoms with van der Waals surface area (Å²) in [6.45, 7) is 0. The number of rotatable bonds is 7.